The summed E-state index contributed by atoms with van der Waals surface area (Å²) < 4.78 is 0. The second-order valence-corrected chi connectivity index (χ2v) is 6.54. The SMILES string of the molecule is C[C@@H](NC(=O)CSc1ccc2ccccc2c1)C1CC1. The first kappa shape index (κ1) is 13.5. The van der Waals surface area contributed by atoms with Crippen molar-refractivity contribution in [3.05, 3.63) is 42.5 Å². The Bertz CT molecular complexity index is 621. The van der Waals surface area contributed by atoms with E-state index in [2.05, 4.69) is 42.6 Å². The summed E-state index contributed by atoms with van der Waals surface area (Å²) in [7, 11) is 0. The molecule has 104 valence electrons. The molecule has 2 aromatic rings. The summed E-state index contributed by atoms with van der Waals surface area (Å²) in [5.74, 6) is 1.35. The molecule has 1 aliphatic carbocycles. The Balaban J connectivity index is 1.57. The number of hydrogen-bond donors (Lipinski definition) is 1. The number of nitrogens with one attached hydrogen (secondary N) is 1. The number of rotatable bonds is 5. The standard InChI is InChI=1S/C17H19NOS/c1-12(13-6-7-13)18-17(19)11-20-16-9-8-14-4-2-3-5-15(14)10-16/h2-5,8-10,12-13H,6-7,11H2,1H3,(H,18,19)/t12-/m1/s1. The minimum Gasteiger partial charge on any atom is -0.353 e. The van der Waals surface area contributed by atoms with E-state index in [-0.39, 0.29) is 5.91 Å². The van der Waals surface area contributed by atoms with Crippen molar-refractivity contribution in [3.63, 3.8) is 0 Å². The van der Waals surface area contributed by atoms with Crippen LogP contribution in [-0.4, -0.2) is 17.7 Å². The molecular weight excluding hydrogens is 266 g/mol. The van der Waals surface area contributed by atoms with Gasteiger partial charge >= 0.3 is 0 Å². The predicted octanol–water partition coefficient (Wildman–Crippen LogP) is 3.85. The third-order valence-corrected chi connectivity index (χ3v) is 4.80. The second-order valence-electron chi connectivity index (χ2n) is 5.49. The highest BCUT2D eigenvalue weighted by molar-refractivity contribution is 8.00. The Labute approximate surface area is 123 Å². The minimum atomic E-state index is 0.141. The van der Waals surface area contributed by atoms with Crippen LogP contribution in [0.2, 0.25) is 0 Å². The molecule has 0 radical (unpaired) electrons. The number of fused-ring (bicyclic) bond motifs is 1. The van der Waals surface area contributed by atoms with Crippen molar-refractivity contribution in [3.8, 4) is 0 Å². The molecule has 3 rings (SSSR count). The summed E-state index contributed by atoms with van der Waals surface area (Å²) >= 11 is 1.61. The van der Waals surface area contributed by atoms with Crippen LogP contribution in [0.15, 0.2) is 47.4 Å². The zero-order chi connectivity index (χ0) is 13.9. The monoisotopic (exact) mass is 285 g/mol. The number of carbonyl (C=O) groups excluding carboxylic acids is 1. The van der Waals surface area contributed by atoms with Crippen LogP contribution in [0, 0.1) is 5.92 Å². The van der Waals surface area contributed by atoms with Crippen LogP contribution in [0.5, 0.6) is 0 Å². The number of thioether (sulfide) groups is 1. The van der Waals surface area contributed by atoms with Crippen LogP contribution in [0.3, 0.4) is 0 Å². The molecule has 0 spiro atoms. The van der Waals surface area contributed by atoms with Crippen LogP contribution in [0.4, 0.5) is 0 Å². The van der Waals surface area contributed by atoms with Crippen LogP contribution in [-0.2, 0) is 4.79 Å². The van der Waals surface area contributed by atoms with E-state index in [9.17, 15) is 4.79 Å². The molecule has 1 fully saturated rings. The van der Waals surface area contributed by atoms with Gasteiger partial charge in [-0.05, 0) is 48.6 Å². The summed E-state index contributed by atoms with van der Waals surface area (Å²) in [6, 6.07) is 15.0. The van der Waals surface area contributed by atoms with Gasteiger partial charge in [0.15, 0.2) is 0 Å². The normalized spacial score (nSPS) is 16.1. The maximum Gasteiger partial charge on any atom is 0.230 e. The lowest BCUT2D eigenvalue weighted by Gasteiger charge is -2.12. The van der Waals surface area contributed by atoms with Gasteiger partial charge in [-0.15, -0.1) is 11.8 Å². The third kappa shape index (κ3) is 3.34. The van der Waals surface area contributed by atoms with Gasteiger partial charge in [-0.2, -0.15) is 0 Å². The topological polar surface area (TPSA) is 29.1 Å². The third-order valence-electron chi connectivity index (χ3n) is 3.81. The van der Waals surface area contributed by atoms with Crippen LogP contribution < -0.4 is 5.32 Å². The van der Waals surface area contributed by atoms with Crippen molar-refractivity contribution in [2.75, 3.05) is 5.75 Å². The fraction of sp³-hybridized carbons (Fsp3) is 0.353. The van der Waals surface area contributed by atoms with Crippen LogP contribution in [0.1, 0.15) is 19.8 Å². The molecule has 1 amide bonds. The van der Waals surface area contributed by atoms with Crippen LogP contribution in [0.25, 0.3) is 10.8 Å². The summed E-state index contributed by atoms with van der Waals surface area (Å²) in [6.45, 7) is 2.11. The van der Waals surface area contributed by atoms with Gasteiger partial charge in [-0.25, -0.2) is 0 Å². The summed E-state index contributed by atoms with van der Waals surface area (Å²) in [6.07, 6.45) is 2.53. The highest BCUT2D eigenvalue weighted by atomic mass is 32.2. The van der Waals surface area contributed by atoms with Crippen LogP contribution >= 0.6 is 11.8 Å². The Kier molecular flexibility index (Phi) is 3.97. The molecule has 20 heavy (non-hydrogen) atoms. The van der Waals surface area contributed by atoms with E-state index in [1.54, 1.807) is 11.8 Å². The first-order chi connectivity index (χ1) is 9.72. The van der Waals surface area contributed by atoms with Crippen molar-refractivity contribution in [1.82, 2.24) is 5.32 Å². The maximum atomic E-state index is 11.9. The molecule has 2 nitrogen and oxygen atoms in total. The molecule has 2 aromatic carbocycles. The fourth-order valence-corrected chi connectivity index (χ4v) is 3.17. The van der Waals surface area contributed by atoms with E-state index in [1.807, 2.05) is 12.1 Å². The molecule has 1 saturated carbocycles. The predicted molar refractivity (Wildman–Crippen MR) is 85.0 cm³/mol. The average Bonchev–Trinajstić information content (AvgIpc) is 3.29. The molecule has 0 aromatic heterocycles. The van der Waals surface area contributed by atoms with Gasteiger partial charge < -0.3 is 5.32 Å². The highest BCUT2D eigenvalue weighted by Crippen LogP contribution is 2.32. The molecule has 3 heteroatoms. The average molecular weight is 285 g/mol. The quantitative estimate of drug-likeness (QED) is 0.846. The van der Waals surface area contributed by atoms with Gasteiger partial charge in [0.2, 0.25) is 5.91 Å². The molecule has 0 heterocycles. The van der Waals surface area contributed by atoms with Gasteiger partial charge in [-0.1, -0.05) is 30.3 Å². The lowest BCUT2D eigenvalue weighted by molar-refractivity contribution is -0.119. The molecule has 1 N–H and O–H groups in total. The molecule has 0 saturated heterocycles. The van der Waals surface area contributed by atoms with E-state index < -0.39 is 0 Å². The van der Waals surface area contributed by atoms with Gasteiger partial charge in [-0.3, -0.25) is 4.79 Å². The second kappa shape index (κ2) is 5.88. The lowest BCUT2D eigenvalue weighted by Crippen LogP contribution is -2.35. The lowest BCUT2D eigenvalue weighted by atomic mass is 10.1. The molecule has 0 bridgehead atoms. The molecular formula is C17H19NOS. The summed E-state index contributed by atoms with van der Waals surface area (Å²) in [4.78, 5) is 13.0. The number of hydrogen-bond acceptors (Lipinski definition) is 2. The molecule has 0 unspecified atom stereocenters. The molecule has 1 atom stereocenters. The highest BCUT2D eigenvalue weighted by Gasteiger charge is 2.28. The zero-order valence-electron chi connectivity index (χ0n) is 11.6. The molecule has 1 aliphatic rings. The first-order valence-corrected chi connectivity index (χ1v) is 8.12. The Morgan fingerprint density at radius 2 is 2.00 bits per heavy atom. The first-order valence-electron chi connectivity index (χ1n) is 7.13. The maximum absolute atomic E-state index is 11.9. The van der Waals surface area contributed by atoms with E-state index >= 15 is 0 Å². The van der Waals surface area contributed by atoms with Crippen molar-refractivity contribution in [1.29, 1.82) is 0 Å². The van der Waals surface area contributed by atoms with Crippen molar-refractivity contribution < 1.29 is 4.79 Å². The smallest absolute Gasteiger partial charge is 0.230 e. The summed E-state index contributed by atoms with van der Waals surface area (Å²) in [5, 5.41) is 5.56. The Morgan fingerprint density at radius 1 is 1.25 bits per heavy atom. The van der Waals surface area contributed by atoms with E-state index in [0.29, 0.717) is 17.7 Å². The van der Waals surface area contributed by atoms with Crippen molar-refractivity contribution >= 4 is 28.4 Å². The van der Waals surface area contributed by atoms with Gasteiger partial charge in [0.25, 0.3) is 0 Å². The Hall–Kier alpha value is -1.48. The van der Waals surface area contributed by atoms with Gasteiger partial charge in [0.05, 0.1) is 5.75 Å². The Morgan fingerprint density at radius 3 is 2.75 bits per heavy atom. The minimum absolute atomic E-state index is 0.141. The number of carbonyl (C=O) groups is 1. The molecule has 0 aliphatic heterocycles. The van der Waals surface area contributed by atoms with E-state index in [1.165, 1.54) is 23.6 Å². The largest absolute Gasteiger partial charge is 0.353 e. The van der Waals surface area contributed by atoms with E-state index in [0.717, 1.165) is 4.90 Å². The van der Waals surface area contributed by atoms with Gasteiger partial charge in [0, 0.05) is 10.9 Å². The number of benzene rings is 2. The number of amides is 1. The van der Waals surface area contributed by atoms with Gasteiger partial charge in [0.1, 0.15) is 0 Å². The van der Waals surface area contributed by atoms with Crippen molar-refractivity contribution in [2.45, 2.75) is 30.7 Å². The summed E-state index contributed by atoms with van der Waals surface area (Å²) in [5.41, 5.74) is 0. The zero-order valence-corrected chi connectivity index (χ0v) is 12.5. The van der Waals surface area contributed by atoms with Crippen molar-refractivity contribution in [2.24, 2.45) is 5.92 Å². The fourth-order valence-electron chi connectivity index (χ4n) is 2.42. The van der Waals surface area contributed by atoms with E-state index in [4.69, 9.17) is 0 Å².